The zero-order valence-corrected chi connectivity index (χ0v) is 18.3. The number of thioether (sulfide) groups is 1. The standard InChI is InChI=1S/C20H20F2N2O6S2/c21-20(22)31-17-4-2-1-3-16(17)23-18(25)13-30-19(26)14-5-7-15(8-6-14)32(27,28)24-9-11-29-12-10-24/h1-8,20H,9-13H2,(H,23,25). The number of hydrogen-bond acceptors (Lipinski definition) is 7. The molecule has 0 atom stereocenters. The largest absolute Gasteiger partial charge is 0.452 e. The summed E-state index contributed by atoms with van der Waals surface area (Å²) in [5.41, 5.74) is 0.240. The predicted octanol–water partition coefficient (Wildman–Crippen LogP) is 2.82. The SMILES string of the molecule is O=C(COC(=O)c1ccc(S(=O)(=O)N2CCOCC2)cc1)Nc1ccccc1SC(F)F. The van der Waals surface area contributed by atoms with Crippen LogP contribution in [-0.4, -0.2) is 63.3 Å². The van der Waals surface area contributed by atoms with Gasteiger partial charge in [0, 0.05) is 18.0 Å². The van der Waals surface area contributed by atoms with Crippen LogP contribution in [0.4, 0.5) is 14.5 Å². The number of anilines is 1. The fourth-order valence-corrected chi connectivity index (χ4v) is 4.87. The maximum Gasteiger partial charge on any atom is 0.338 e. The number of nitrogens with one attached hydrogen (secondary N) is 1. The Morgan fingerprint density at radius 3 is 2.41 bits per heavy atom. The first-order valence-corrected chi connectivity index (χ1v) is 11.8. The summed E-state index contributed by atoms with van der Waals surface area (Å²) in [6, 6.07) is 11.2. The van der Waals surface area contributed by atoms with E-state index in [1.807, 2.05) is 0 Å². The third kappa shape index (κ3) is 6.25. The first-order valence-electron chi connectivity index (χ1n) is 9.46. The average Bonchev–Trinajstić information content (AvgIpc) is 2.79. The van der Waals surface area contributed by atoms with Gasteiger partial charge in [-0.15, -0.1) is 0 Å². The van der Waals surface area contributed by atoms with E-state index in [0.717, 1.165) is 0 Å². The summed E-state index contributed by atoms with van der Waals surface area (Å²) >= 11 is 0.286. The van der Waals surface area contributed by atoms with Crippen LogP contribution in [0.1, 0.15) is 10.4 Å². The smallest absolute Gasteiger partial charge is 0.338 e. The van der Waals surface area contributed by atoms with Gasteiger partial charge in [0.1, 0.15) is 0 Å². The monoisotopic (exact) mass is 486 g/mol. The number of carbonyl (C=O) groups is 2. The molecule has 0 unspecified atom stereocenters. The van der Waals surface area contributed by atoms with Crippen LogP contribution in [0.15, 0.2) is 58.3 Å². The Kier molecular flexibility index (Phi) is 8.18. The Morgan fingerprint density at radius 1 is 1.09 bits per heavy atom. The van der Waals surface area contributed by atoms with Crippen molar-refractivity contribution < 1.29 is 36.3 Å². The van der Waals surface area contributed by atoms with Gasteiger partial charge in [-0.1, -0.05) is 23.9 Å². The van der Waals surface area contributed by atoms with Gasteiger partial charge in [-0.3, -0.25) is 4.79 Å². The zero-order valence-electron chi connectivity index (χ0n) is 16.7. The zero-order chi connectivity index (χ0) is 23.1. The van der Waals surface area contributed by atoms with Crippen molar-refractivity contribution in [2.45, 2.75) is 15.5 Å². The molecule has 0 spiro atoms. The highest BCUT2D eigenvalue weighted by atomic mass is 32.2. The molecule has 0 aromatic heterocycles. The molecule has 172 valence electrons. The maximum atomic E-state index is 12.6. The van der Waals surface area contributed by atoms with Gasteiger partial charge in [-0.25, -0.2) is 13.2 Å². The number of esters is 1. The molecule has 2 aromatic rings. The molecule has 1 fully saturated rings. The molecule has 12 heteroatoms. The number of ether oxygens (including phenoxy) is 2. The third-order valence-corrected chi connectivity index (χ3v) is 7.11. The van der Waals surface area contributed by atoms with E-state index in [1.54, 1.807) is 12.1 Å². The van der Waals surface area contributed by atoms with Crippen LogP contribution < -0.4 is 5.32 Å². The van der Waals surface area contributed by atoms with Crippen molar-refractivity contribution in [2.75, 3.05) is 38.2 Å². The fourth-order valence-electron chi connectivity index (χ4n) is 2.87. The molecule has 8 nitrogen and oxygen atoms in total. The Bertz CT molecular complexity index is 1060. The van der Waals surface area contributed by atoms with Crippen molar-refractivity contribution >= 4 is 39.3 Å². The number of para-hydroxylation sites is 1. The molecule has 0 aliphatic carbocycles. The number of morpholine rings is 1. The number of alkyl halides is 2. The van der Waals surface area contributed by atoms with E-state index in [0.29, 0.717) is 13.2 Å². The van der Waals surface area contributed by atoms with Gasteiger partial charge < -0.3 is 14.8 Å². The summed E-state index contributed by atoms with van der Waals surface area (Å²) in [5.74, 6) is -4.18. The van der Waals surface area contributed by atoms with Crippen molar-refractivity contribution in [3.63, 3.8) is 0 Å². The number of rotatable bonds is 8. The van der Waals surface area contributed by atoms with Crippen molar-refractivity contribution in [1.29, 1.82) is 0 Å². The number of halogens is 2. The topological polar surface area (TPSA) is 102 Å². The van der Waals surface area contributed by atoms with Gasteiger partial charge in [0.25, 0.3) is 11.7 Å². The van der Waals surface area contributed by atoms with Crippen LogP contribution in [0.25, 0.3) is 0 Å². The lowest BCUT2D eigenvalue weighted by Gasteiger charge is -2.26. The van der Waals surface area contributed by atoms with Crippen LogP contribution in [0.3, 0.4) is 0 Å². The predicted molar refractivity (Wildman–Crippen MR) is 113 cm³/mol. The minimum Gasteiger partial charge on any atom is -0.452 e. The Hall–Kier alpha value is -2.54. The first-order chi connectivity index (χ1) is 15.3. The summed E-state index contributed by atoms with van der Waals surface area (Å²) in [4.78, 5) is 24.5. The van der Waals surface area contributed by atoms with E-state index in [4.69, 9.17) is 9.47 Å². The van der Waals surface area contributed by atoms with E-state index in [2.05, 4.69) is 5.32 Å². The second kappa shape index (κ2) is 10.9. The number of hydrogen-bond donors (Lipinski definition) is 1. The van der Waals surface area contributed by atoms with Gasteiger partial charge >= 0.3 is 5.97 Å². The molecular weight excluding hydrogens is 466 g/mol. The molecule has 2 aromatic carbocycles. The summed E-state index contributed by atoms with van der Waals surface area (Å²) in [7, 11) is -3.70. The van der Waals surface area contributed by atoms with E-state index in [1.165, 1.54) is 40.7 Å². The highest BCUT2D eigenvalue weighted by Crippen LogP contribution is 2.31. The number of nitrogens with zero attached hydrogens (tertiary/aromatic N) is 1. The Morgan fingerprint density at radius 2 is 1.75 bits per heavy atom. The molecule has 1 saturated heterocycles. The second-order valence-electron chi connectivity index (χ2n) is 6.54. The van der Waals surface area contributed by atoms with E-state index in [9.17, 15) is 26.8 Å². The number of benzene rings is 2. The molecule has 0 saturated carbocycles. The minimum atomic E-state index is -3.70. The fraction of sp³-hybridized carbons (Fsp3) is 0.300. The summed E-state index contributed by atoms with van der Waals surface area (Å²) < 4.78 is 61.9. The molecule has 1 aliphatic rings. The molecule has 0 bridgehead atoms. The van der Waals surface area contributed by atoms with Crippen molar-refractivity contribution in [2.24, 2.45) is 0 Å². The maximum absolute atomic E-state index is 12.6. The number of carbonyl (C=O) groups excluding carboxylic acids is 2. The summed E-state index contributed by atoms with van der Waals surface area (Å²) in [5, 5.41) is 2.42. The minimum absolute atomic E-state index is 0.0295. The molecule has 1 heterocycles. The molecular formula is C20H20F2N2O6S2. The third-order valence-electron chi connectivity index (χ3n) is 4.41. The van der Waals surface area contributed by atoms with Gasteiger partial charge in [-0.05, 0) is 36.4 Å². The lowest BCUT2D eigenvalue weighted by atomic mass is 10.2. The quantitative estimate of drug-likeness (QED) is 0.452. The summed E-state index contributed by atoms with van der Waals surface area (Å²) in [6.07, 6.45) is 0. The van der Waals surface area contributed by atoms with Gasteiger partial charge in [0.15, 0.2) is 6.61 Å². The normalized spacial score (nSPS) is 14.8. The second-order valence-corrected chi connectivity index (χ2v) is 9.51. The van der Waals surface area contributed by atoms with E-state index < -0.39 is 34.3 Å². The first kappa shape index (κ1) is 24.1. The lowest BCUT2D eigenvalue weighted by Crippen LogP contribution is -2.40. The Labute approximate surface area is 187 Å². The molecule has 1 aliphatic heterocycles. The van der Waals surface area contributed by atoms with E-state index in [-0.39, 0.29) is 45.9 Å². The average molecular weight is 487 g/mol. The molecule has 1 amide bonds. The lowest BCUT2D eigenvalue weighted by molar-refractivity contribution is -0.119. The van der Waals surface area contributed by atoms with Crippen LogP contribution in [0.2, 0.25) is 0 Å². The molecule has 3 rings (SSSR count). The molecule has 0 radical (unpaired) electrons. The van der Waals surface area contributed by atoms with Crippen LogP contribution in [0, 0.1) is 0 Å². The molecule has 32 heavy (non-hydrogen) atoms. The van der Waals surface area contributed by atoms with Crippen LogP contribution in [0.5, 0.6) is 0 Å². The van der Waals surface area contributed by atoms with Gasteiger partial charge in [0.2, 0.25) is 10.0 Å². The van der Waals surface area contributed by atoms with Crippen molar-refractivity contribution in [1.82, 2.24) is 4.31 Å². The highest BCUT2D eigenvalue weighted by Gasteiger charge is 2.26. The van der Waals surface area contributed by atoms with Crippen LogP contribution >= 0.6 is 11.8 Å². The van der Waals surface area contributed by atoms with Gasteiger partial charge in [0.05, 0.1) is 29.4 Å². The van der Waals surface area contributed by atoms with E-state index >= 15 is 0 Å². The van der Waals surface area contributed by atoms with Crippen molar-refractivity contribution in [3.05, 3.63) is 54.1 Å². The Balaban J connectivity index is 1.57. The van der Waals surface area contributed by atoms with Crippen molar-refractivity contribution in [3.8, 4) is 0 Å². The summed E-state index contributed by atoms with van der Waals surface area (Å²) in [6.45, 7) is 0.495. The number of sulfonamides is 1. The van der Waals surface area contributed by atoms with Crippen LogP contribution in [-0.2, 0) is 24.3 Å². The van der Waals surface area contributed by atoms with Gasteiger partial charge in [-0.2, -0.15) is 13.1 Å². The highest BCUT2D eigenvalue weighted by molar-refractivity contribution is 7.99. The number of amides is 1. The molecule has 1 N–H and O–H groups in total.